The lowest BCUT2D eigenvalue weighted by Gasteiger charge is -2.35. The second-order valence-electron chi connectivity index (χ2n) is 6.79. The summed E-state index contributed by atoms with van der Waals surface area (Å²) in [6, 6.07) is 10.1. The lowest BCUT2D eigenvalue weighted by Crippen LogP contribution is -2.49. The molecule has 0 spiro atoms. The van der Waals surface area contributed by atoms with Crippen LogP contribution in [0.2, 0.25) is 0 Å². The molecule has 0 bridgehead atoms. The minimum atomic E-state index is -0.757. The Morgan fingerprint density at radius 3 is 2.13 bits per heavy atom. The highest BCUT2D eigenvalue weighted by molar-refractivity contribution is 5.95. The number of nitro groups is 2. The number of non-ortho nitro benzene ring substituents is 2. The zero-order valence-corrected chi connectivity index (χ0v) is 16.1. The van der Waals surface area contributed by atoms with Crippen LogP contribution in [0.4, 0.5) is 17.2 Å². The van der Waals surface area contributed by atoms with E-state index in [1.54, 1.807) is 24.5 Å². The number of hydrogen-bond acceptors (Lipinski definition) is 9. The minimum Gasteiger partial charge on any atom is -0.463 e. The van der Waals surface area contributed by atoms with Crippen LogP contribution in [0.5, 0.6) is 0 Å². The van der Waals surface area contributed by atoms with Crippen LogP contribution in [-0.2, 0) is 0 Å². The van der Waals surface area contributed by atoms with Crippen molar-refractivity contribution in [2.24, 2.45) is 0 Å². The summed E-state index contributed by atoms with van der Waals surface area (Å²) >= 11 is 0. The molecule has 158 valence electrons. The molecule has 0 saturated carbocycles. The van der Waals surface area contributed by atoms with Gasteiger partial charge in [0.2, 0.25) is 0 Å². The van der Waals surface area contributed by atoms with Gasteiger partial charge in [0.05, 0.1) is 27.7 Å². The normalized spacial score (nSPS) is 13.8. The van der Waals surface area contributed by atoms with Gasteiger partial charge < -0.3 is 14.2 Å². The Labute approximate surface area is 175 Å². The molecule has 12 heteroatoms. The number of benzene rings is 1. The molecule has 4 rings (SSSR count). The fourth-order valence-electron chi connectivity index (χ4n) is 3.30. The molecule has 0 unspecified atom stereocenters. The Hall–Kier alpha value is -4.35. The SMILES string of the molecule is O=C(c1cc([N+](=O)[O-])cc([N+](=O)[O-])c1)N1CCN(c2ccc(-c3ccco3)nn2)CC1. The average Bonchev–Trinajstić information content (AvgIpc) is 3.33. The Kier molecular flexibility index (Phi) is 5.26. The van der Waals surface area contributed by atoms with Gasteiger partial charge >= 0.3 is 0 Å². The van der Waals surface area contributed by atoms with E-state index in [1.165, 1.54) is 4.90 Å². The average molecular weight is 424 g/mol. The summed E-state index contributed by atoms with van der Waals surface area (Å²) in [4.78, 5) is 36.9. The van der Waals surface area contributed by atoms with E-state index in [-0.39, 0.29) is 5.56 Å². The summed E-state index contributed by atoms with van der Waals surface area (Å²) in [5, 5.41) is 30.5. The third-order valence-corrected chi connectivity index (χ3v) is 4.89. The Morgan fingerprint density at radius 1 is 0.935 bits per heavy atom. The number of nitrogens with zero attached hydrogens (tertiary/aromatic N) is 6. The maximum Gasteiger partial charge on any atom is 0.277 e. The van der Waals surface area contributed by atoms with Crippen LogP contribution in [0.15, 0.2) is 53.1 Å². The molecule has 2 aromatic heterocycles. The number of piperazine rings is 1. The third-order valence-electron chi connectivity index (χ3n) is 4.89. The van der Waals surface area contributed by atoms with E-state index in [2.05, 4.69) is 10.2 Å². The van der Waals surface area contributed by atoms with E-state index < -0.39 is 27.1 Å². The Balaban J connectivity index is 1.44. The fraction of sp³-hybridized carbons (Fsp3) is 0.211. The molecule has 0 N–H and O–H groups in total. The summed E-state index contributed by atoms with van der Waals surface area (Å²) in [7, 11) is 0. The van der Waals surface area contributed by atoms with Gasteiger partial charge in [-0.3, -0.25) is 25.0 Å². The number of hydrogen-bond donors (Lipinski definition) is 0. The summed E-state index contributed by atoms with van der Waals surface area (Å²) in [6.07, 6.45) is 1.55. The molecule has 0 aliphatic carbocycles. The molecule has 31 heavy (non-hydrogen) atoms. The largest absolute Gasteiger partial charge is 0.463 e. The highest BCUT2D eigenvalue weighted by Crippen LogP contribution is 2.25. The second kappa shape index (κ2) is 8.18. The number of aromatic nitrogens is 2. The van der Waals surface area contributed by atoms with Crippen LogP contribution >= 0.6 is 0 Å². The van der Waals surface area contributed by atoms with Crippen LogP contribution in [0.3, 0.4) is 0 Å². The number of carbonyl (C=O) groups excluding carboxylic acids is 1. The van der Waals surface area contributed by atoms with E-state index >= 15 is 0 Å². The molecular weight excluding hydrogens is 408 g/mol. The number of furan rings is 1. The summed E-state index contributed by atoms with van der Waals surface area (Å²) in [5.41, 5.74) is -0.474. The fourth-order valence-corrected chi connectivity index (χ4v) is 3.30. The van der Waals surface area contributed by atoms with Gasteiger partial charge in [-0.2, -0.15) is 0 Å². The van der Waals surface area contributed by atoms with Gasteiger partial charge in [-0.1, -0.05) is 0 Å². The van der Waals surface area contributed by atoms with E-state index in [9.17, 15) is 25.0 Å². The van der Waals surface area contributed by atoms with Gasteiger partial charge in [0, 0.05) is 38.3 Å². The predicted molar refractivity (Wildman–Crippen MR) is 108 cm³/mol. The first-order valence-corrected chi connectivity index (χ1v) is 9.28. The standard InChI is InChI=1S/C19H16N6O6/c26-19(13-10-14(24(27)28)12-15(11-13)25(29)30)23-7-5-22(6-8-23)18-4-3-16(20-21-18)17-2-1-9-31-17/h1-4,9-12H,5-8H2. The van der Waals surface area contributed by atoms with Crippen LogP contribution in [0.1, 0.15) is 10.4 Å². The van der Waals surface area contributed by atoms with E-state index in [4.69, 9.17) is 4.42 Å². The first-order chi connectivity index (χ1) is 14.9. The van der Waals surface area contributed by atoms with Gasteiger partial charge in [0.15, 0.2) is 11.6 Å². The molecule has 1 aromatic carbocycles. The van der Waals surface area contributed by atoms with Crippen LogP contribution in [0, 0.1) is 20.2 Å². The van der Waals surface area contributed by atoms with Crippen molar-refractivity contribution in [3.8, 4) is 11.5 Å². The van der Waals surface area contributed by atoms with Crippen molar-refractivity contribution >= 4 is 23.1 Å². The smallest absolute Gasteiger partial charge is 0.277 e. The maximum atomic E-state index is 12.8. The Morgan fingerprint density at radius 2 is 1.61 bits per heavy atom. The number of rotatable bonds is 5. The third kappa shape index (κ3) is 4.17. The molecule has 3 aromatic rings. The zero-order chi connectivity index (χ0) is 22.0. The van der Waals surface area contributed by atoms with Gasteiger partial charge in [-0.25, -0.2) is 0 Å². The molecule has 1 fully saturated rings. The van der Waals surface area contributed by atoms with Crippen LogP contribution < -0.4 is 4.90 Å². The van der Waals surface area contributed by atoms with Crippen molar-refractivity contribution in [1.29, 1.82) is 0 Å². The maximum absolute atomic E-state index is 12.8. The van der Waals surface area contributed by atoms with Crippen molar-refractivity contribution in [2.45, 2.75) is 0 Å². The monoisotopic (exact) mass is 424 g/mol. The molecule has 0 radical (unpaired) electrons. The topological polar surface area (TPSA) is 149 Å². The predicted octanol–water partition coefficient (Wildman–Crippen LogP) is 2.52. The van der Waals surface area contributed by atoms with E-state index in [1.807, 2.05) is 11.0 Å². The molecule has 3 heterocycles. The molecule has 0 atom stereocenters. The van der Waals surface area contributed by atoms with Crippen LogP contribution in [-0.4, -0.2) is 57.0 Å². The van der Waals surface area contributed by atoms with Crippen molar-refractivity contribution in [1.82, 2.24) is 15.1 Å². The molecule has 1 aliphatic heterocycles. The van der Waals surface area contributed by atoms with Gasteiger partial charge in [0.1, 0.15) is 5.69 Å². The van der Waals surface area contributed by atoms with Crippen molar-refractivity contribution in [3.05, 3.63) is 74.5 Å². The number of anilines is 1. The molecule has 12 nitrogen and oxygen atoms in total. The van der Waals surface area contributed by atoms with Gasteiger partial charge in [-0.05, 0) is 24.3 Å². The first-order valence-electron chi connectivity index (χ1n) is 9.28. The van der Waals surface area contributed by atoms with Gasteiger partial charge in [-0.15, -0.1) is 10.2 Å². The lowest BCUT2D eigenvalue weighted by atomic mass is 10.1. The molecule has 1 aliphatic rings. The second-order valence-corrected chi connectivity index (χ2v) is 6.79. The number of amides is 1. The minimum absolute atomic E-state index is 0.0862. The quantitative estimate of drug-likeness (QED) is 0.445. The highest BCUT2D eigenvalue weighted by Gasteiger charge is 2.26. The lowest BCUT2D eigenvalue weighted by molar-refractivity contribution is -0.394. The van der Waals surface area contributed by atoms with Gasteiger partial charge in [0.25, 0.3) is 17.3 Å². The van der Waals surface area contributed by atoms with E-state index in [0.29, 0.717) is 43.5 Å². The van der Waals surface area contributed by atoms with Crippen molar-refractivity contribution in [2.75, 3.05) is 31.1 Å². The van der Waals surface area contributed by atoms with Crippen LogP contribution in [0.25, 0.3) is 11.5 Å². The van der Waals surface area contributed by atoms with Crippen molar-refractivity contribution < 1.29 is 19.1 Å². The summed E-state index contributed by atoms with van der Waals surface area (Å²) in [5.74, 6) is 0.764. The number of carbonyl (C=O) groups is 1. The molecular formula is C19H16N6O6. The zero-order valence-electron chi connectivity index (χ0n) is 16.1. The summed E-state index contributed by atoms with van der Waals surface area (Å²) in [6.45, 7) is 1.60. The first kappa shape index (κ1) is 19.9. The molecule has 1 saturated heterocycles. The van der Waals surface area contributed by atoms with E-state index in [0.717, 1.165) is 18.2 Å². The van der Waals surface area contributed by atoms with Crippen molar-refractivity contribution in [3.63, 3.8) is 0 Å². The highest BCUT2D eigenvalue weighted by atomic mass is 16.6. The Bertz CT molecular complexity index is 1090. The number of nitro benzene ring substituents is 2. The summed E-state index contributed by atoms with van der Waals surface area (Å²) < 4.78 is 5.29. The molecule has 1 amide bonds.